The van der Waals surface area contributed by atoms with Crippen LogP contribution in [0.15, 0.2) is 24.7 Å². The van der Waals surface area contributed by atoms with Gasteiger partial charge in [0.2, 0.25) is 11.1 Å². The quantitative estimate of drug-likeness (QED) is 0.585. The summed E-state index contributed by atoms with van der Waals surface area (Å²) in [5, 5.41) is 0.0622. The summed E-state index contributed by atoms with van der Waals surface area (Å²) in [6.45, 7) is 3.93. The number of rotatable bonds is 3. The van der Waals surface area contributed by atoms with Crippen LogP contribution in [0.25, 0.3) is 11.4 Å². The van der Waals surface area contributed by atoms with Gasteiger partial charge in [-0.3, -0.25) is 4.79 Å². The molecule has 3 aromatic rings. The van der Waals surface area contributed by atoms with E-state index < -0.39 is 17.9 Å². The van der Waals surface area contributed by atoms with E-state index in [1.165, 1.54) is 11.0 Å². The van der Waals surface area contributed by atoms with Crippen molar-refractivity contribution in [3.05, 3.63) is 52.8 Å². The van der Waals surface area contributed by atoms with Crippen LogP contribution < -0.4 is 0 Å². The van der Waals surface area contributed by atoms with E-state index in [-0.39, 0.29) is 29.4 Å². The molecule has 1 aliphatic heterocycles. The highest BCUT2D eigenvalue weighted by atomic mass is 35.5. The molecule has 0 aromatic carbocycles. The number of fused-ring (bicyclic) bond motifs is 1. The van der Waals surface area contributed by atoms with E-state index in [2.05, 4.69) is 24.9 Å². The summed E-state index contributed by atoms with van der Waals surface area (Å²) in [5.41, 5.74) is 1.81. The van der Waals surface area contributed by atoms with Gasteiger partial charge in [-0.2, -0.15) is 13.2 Å². The molecular weight excluding hydrogens is 423 g/mol. The smallest absolute Gasteiger partial charge is 0.326 e. The number of carbonyl (C=O) groups excluding carboxylic acids is 1. The molecule has 3 aromatic heterocycles. The Hall–Kier alpha value is -3.08. The standard InChI is InChI=1S/C18H15ClF3N7O/c1-9-5-24-17(19)27-13(9)12-8-28-6-10(2)29(15(30)14(28)26-12)7-11-3-4-23-16(25-11)18(20,21)22/h3-5,8,10H,6-7H2,1-2H3. The molecule has 1 unspecified atom stereocenters. The number of amides is 1. The number of aryl methyl sites for hydroxylation is 1. The summed E-state index contributed by atoms with van der Waals surface area (Å²) in [5.74, 6) is -1.48. The molecule has 0 radical (unpaired) electrons. The van der Waals surface area contributed by atoms with E-state index >= 15 is 0 Å². The van der Waals surface area contributed by atoms with Crippen LogP contribution >= 0.6 is 11.6 Å². The lowest BCUT2D eigenvalue weighted by Gasteiger charge is -2.33. The van der Waals surface area contributed by atoms with E-state index in [4.69, 9.17) is 11.6 Å². The first-order valence-corrected chi connectivity index (χ1v) is 9.28. The highest BCUT2D eigenvalue weighted by molar-refractivity contribution is 6.28. The Kier molecular flexibility index (Phi) is 4.92. The fourth-order valence-corrected chi connectivity index (χ4v) is 3.39. The summed E-state index contributed by atoms with van der Waals surface area (Å²) in [6, 6.07) is 1.07. The van der Waals surface area contributed by atoms with E-state index in [0.29, 0.717) is 17.9 Å². The summed E-state index contributed by atoms with van der Waals surface area (Å²) in [7, 11) is 0. The largest absolute Gasteiger partial charge is 0.451 e. The van der Waals surface area contributed by atoms with Crippen LogP contribution in [0.2, 0.25) is 5.28 Å². The molecule has 0 saturated carbocycles. The van der Waals surface area contributed by atoms with Crippen LogP contribution in [0, 0.1) is 6.92 Å². The number of alkyl halides is 3. The molecule has 0 fully saturated rings. The van der Waals surface area contributed by atoms with Gasteiger partial charge in [0.25, 0.3) is 5.91 Å². The number of nitrogens with zero attached hydrogens (tertiary/aromatic N) is 7. The van der Waals surface area contributed by atoms with Crippen LogP contribution in [0.3, 0.4) is 0 Å². The van der Waals surface area contributed by atoms with Gasteiger partial charge in [0.15, 0.2) is 5.82 Å². The first-order chi connectivity index (χ1) is 14.1. The summed E-state index contributed by atoms with van der Waals surface area (Å²) in [6.07, 6.45) is -0.355. The number of aromatic nitrogens is 6. The zero-order valence-electron chi connectivity index (χ0n) is 15.9. The molecule has 0 N–H and O–H groups in total. The molecule has 0 spiro atoms. The topological polar surface area (TPSA) is 89.7 Å². The zero-order valence-corrected chi connectivity index (χ0v) is 16.6. The average Bonchev–Trinajstić information content (AvgIpc) is 3.10. The lowest BCUT2D eigenvalue weighted by molar-refractivity contribution is -0.145. The molecule has 12 heteroatoms. The van der Waals surface area contributed by atoms with Crippen LogP contribution in [0.4, 0.5) is 13.2 Å². The fraction of sp³-hybridized carbons (Fsp3) is 0.333. The van der Waals surface area contributed by atoms with Gasteiger partial charge in [0.1, 0.15) is 5.69 Å². The number of hydrogen-bond donors (Lipinski definition) is 0. The monoisotopic (exact) mass is 437 g/mol. The molecule has 1 amide bonds. The van der Waals surface area contributed by atoms with Crippen molar-refractivity contribution in [2.24, 2.45) is 0 Å². The lowest BCUT2D eigenvalue weighted by atomic mass is 10.2. The molecule has 156 valence electrons. The van der Waals surface area contributed by atoms with E-state index in [1.54, 1.807) is 30.8 Å². The third-order valence-electron chi connectivity index (χ3n) is 4.71. The fourth-order valence-electron chi connectivity index (χ4n) is 3.25. The van der Waals surface area contributed by atoms with Crippen molar-refractivity contribution < 1.29 is 18.0 Å². The highest BCUT2D eigenvalue weighted by Gasteiger charge is 2.36. The first kappa shape index (κ1) is 20.2. The summed E-state index contributed by atoms with van der Waals surface area (Å²) >= 11 is 5.88. The number of imidazole rings is 1. The molecule has 0 saturated heterocycles. The van der Waals surface area contributed by atoms with Crippen LogP contribution in [0.1, 0.15) is 34.6 Å². The molecule has 4 heterocycles. The SMILES string of the molecule is Cc1cnc(Cl)nc1-c1cn2c(n1)C(=O)N(Cc1ccnc(C(F)(F)F)n1)C(C)C2. The average molecular weight is 438 g/mol. The van der Waals surface area contributed by atoms with Crippen LogP contribution in [-0.4, -0.2) is 46.3 Å². The van der Waals surface area contributed by atoms with Gasteiger partial charge in [-0.25, -0.2) is 24.9 Å². The molecule has 0 aliphatic carbocycles. The molecular formula is C18H15ClF3N7O. The van der Waals surface area contributed by atoms with Crippen molar-refractivity contribution in [1.82, 2.24) is 34.4 Å². The van der Waals surface area contributed by atoms with Gasteiger partial charge in [-0.1, -0.05) is 0 Å². The van der Waals surface area contributed by atoms with Gasteiger partial charge in [0, 0.05) is 31.2 Å². The van der Waals surface area contributed by atoms with Gasteiger partial charge in [0.05, 0.1) is 17.9 Å². The molecule has 30 heavy (non-hydrogen) atoms. The normalized spacial score (nSPS) is 16.7. The van der Waals surface area contributed by atoms with Crippen molar-refractivity contribution >= 4 is 17.5 Å². The van der Waals surface area contributed by atoms with E-state index in [1.807, 2.05) is 0 Å². The van der Waals surface area contributed by atoms with Crippen molar-refractivity contribution in [1.29, 1.82) is 0 Å². The number of halogens is 4. The van der Waals surface area contributed by atoms with Crippen LogP contribution in [-0.2, 0) is 19.3 Å². The minimum Gasteiger partial charge on any atom is -0.326 e. The third-order valence-corrected chi connectivity index (χ3v) is 4.89. The summed E-state index contributed by atoms with van der Waals surface area (Å²) in [4.78, 5) is 33.8. The van der Waals surface area contributed by atoms with E-state index in [0.717, 1.165) is 11.8 Å². The van der Waals surface area contributed by atoms with E-state index in [9.17, 15) is 18.0 Å². The number of hydrogen-bond acceptors (Lipinski definition) is 6. The van der Waals surface area contributed by atoms with Crippen LogP contribution in [0.5, 0.6) is 0 Å². The van der Waals surface area contributed by atoms with Crippen molar-refractivity contribution in [3.63, 3.8) is 0 Å². The highest BCUT2D eigenvalue weighted by Crippen LogP contribution is 2.28. The van der Waals surface area contributed by atoms with Gasteiger partial charge in [-0.15, -0.1) is 0 Å². The van der Waals surface area contributed by atoms with Crippen molar-refractivity contribution in [2.45, 2.75) is 39.2 Å². The predicted molar refractivity (Wildman–Crippen MR) is 99.4 cm³/mol. The second-order valence-corrected chi connectivity index (χ2v) is 7.26. The second kappa shape index (κ2) is 7.31. The maximum atomic E-state index is 13.0. The summed E-state index contributed by atoms with van der Waals surface area (Å²) < 4.78 is 40.4. The minimum atomic E-state index is -4.66. The third kappa shape index (κ3) is 3.72. The van der Waals surface area contributed by atoms with Crippen molar-refractivity contribution in [3.8, 4) is 11.4 Å². The Morgan fingerprint density at radius 3 is 2.73 bits per heavy atom. The Morgan fingerprint density at radius 1 is 1.23 bits per heavy atom. The predicted octanol–water partition coefficient (Wildman–Crippen LogP) is 3.16. The molecule has 1 aliphatic rings. The molecule has 0 bridgehead atoms. The second-order valence-electron chi connectivity index (χ2n) is 6.92. The van der Waals surface area contributed by atoms with Gasteiger partial charge < -0.3 is 9.47 Å². The Labute approximate surface area is 173 Å². The van der Waals surface area contributed by atoms with Gasteiger partial charge >= 0.3 is 6.18 Å². The maximum Gasteiger partial charge on any atom is 0.451 e. The molecule has 8 nitrogen and oxygen atoms in total. The van der Waals surface area contributed by atoms with Gasteiger partial charge in [-0.05, 0) is 37.1 Å². The molecule has 1 atom stereocenters. The maximum absolute atomic E-state index is 13.0. The Bertz CT molecular complexity index is 1130. The van der Waals surface area contributed by atoms with Crippen molar-refractivity contribution in [2.75, 3.05) is 0 Å². The Morgan fingerprint density at radius 2 is 2.00 bits per heavy atom. The molecule has 4 rings (SSSR count). The first-order valence-electron chi connectivity index (χ1n) is 8.90. The Balaban J connectivity index is 1.64. The zero-order chi connectivity index (χ0) is 21.6. The lowest BCUT2D eigenvalue weighted by Crippen LogP contribution is -2.46. The minimum absolute atomic E-state index is 0.0622. The number of carbonyl (C=O) groups is 1.